The molecule has 0 saturated carbocycles. The molecule has 1 aromatic carbocycles. The first-order valence-electron chi connectivity index (χ1n) is 5.91. The molecular weight excluding hydrogens is 284 g/mol. The van der Waals surface area contributed by atoms with E-state index in [9.17, 15) is 29.8 Å². The Morgan fingerprint density at radius 1 is 1.19 bits per heavy atom. The Bertz CT molecular complexity index is 644. The van der Waals surface area contributed by atoms with E-state index in [1.165, 1.54) is 6.07 Å². The average Bonchev–Trinajstić information content (AvgIpc) is 2.41. The highest BCUT2D eigenvalue weighted by atomic mass is 16.6. The molecule has 21 heavy (non-hydrogen) atoms. The molecule has 1 aliphatic rings. The topological polar surface area (TPSA) is 144 Å². The highest BCUT2D eigenvalue weighted by Gasteiger charge is 2.29. The van der Waals surface area contributed by atoms with E-state index < -0.39 is 39.1 Å². The van der Waals surface area contributed by atoms with Gasteiger partial charge in [0.25, 0.3) is 11.4 Å². The maximum absolute atomic E-state index is 11.6. The van der Waals surface area contributed by atoms with Crippen molar-refractivity contribution in [3.05, 3.63) is 38.4 Å². The number of piperidine rings is 1. The molecule has 1 aliphatic heterocycles. The van der Waals surface area contributed by atoms with Gasteiger partial charge in [-0.05, 0) is 12.5 Å². The Hall–Kier alpha value is -3.04. The van der Waals surface area contributed by atoms with Crippen molar-refractivity contribution in [2.45, 2.75) is 18.9 Å². The molecule has 10 nitrogen and oxygen atoms in total. The second-order valence-electron chi connectivity index (χ2n) is 4.36. The van der Waals surface area contributed by atoms with E-state index in [0.29, 0.717) is 0 Å². The summed E-state index contributed by atoms with van der Waals surface area (Å²) >= 11 is 0. The minimum atomic E-state index is -0.803. The molecule has 0 spiro atoms. The Balaban J connectivity index is 2.27. The molecule has 0 radical (unpaired) electrons. The predicted octanol–water partition coefficient (Wildman–Crippen LogP) is 0.720. The van der Waals surface area contributed by atoms with Crippen LogP contribution < -0.4 is 10.6 Å². The number of hydrogen-bond donors (Lipinski definition) is 2. The first kappa shape index (κ1) is 14.4. The van der Waals surface area contributed by atoms with Crippen molar-refractivity contribution in [3.8, 4) is 0 Å². The van der Waals surface area contributed by atoms with E-state index in [2.05, 4.69) is 10.6 Å². The number of rotatable bonds is 4. The van der Waals surface area contributed by atoms with Crippen molar-refractivity contribution < 1.29 is 19.4 Å². The third-order valence-corrected chi connectivity index (χ3v) is 2.96. The lowest BCUT2D eigenvalue weighted by Gasteiger charge is -2.22. The van der Waals surface area contributed by atoms with Gasteiger partial charge in [-0.2, -0.15) is 0 Å². The smallest absolute Gasteiger partial charge is 0.299 e. The van der Waals surface area contributed by atoms with Crippen molar-refractivity contribution in [3.63, 3.8) is 0 Å². The summed E-state index contributed by atoms with van der Waals surface area (Å²) in [6.45, 7) is 0. The van der Waals surface area contributed by atoms with E-state index in [-0.39, 0.29) is 18.5 Å². The Morgan fingerprint density at radius 2 is 1.90 bits per heavy atom. The fourth-order valence-corrected chi connectivity index (χ4v) is 1.93. The van der Waals surface area contributed by atoms with Crippen LogP contribution in [0.1, 0.15) is 12.8 Å². The van der Waals surface area contributed by atoms with E-state index in [4.69, 9.17) is 0 Å². The number of benzene rings is 1. The fourth-order valence-electron chi connectivity index (χ4n) is 1.93. The Kier molecular flexibility index (Phi) is 3.78. The number of carbonyl (C=O) groups is 2. The standard InChI is InChI=1S/C11H10N4O6/c16-10-4-3-8(11(17)13-10)12-7-2-1-6(14(18)19)5-9(7)15(20)21/h1-2,5,8,12H,3-4H2,(H,13,16,17). The summed E-state index contributed by atoms with van der Waals surface area (Å²) in [5.74, 6) is -0.991. The van der Waals surface area contributed by atoms with Gasteiger partial charge < -0.3 is 5.32 Å². The first-order valence-corrected chi connectivity index (χ1v) is 5.91. The highest BCUT2D eigenvalue weighted by Crippen LogP contribution is 2.30. The molecule has 1 heterocycles. The number of hydrogen-bond acceptors (Lipinski definition) is 7. The summed E-state index contributed by atoms with van der Waals surface area (Å²) in [5, 5.41) is 26.3. The van der Waals surface area contributed by atoms with Crippen molar-refractivity contribution in [1.82, 2.24) is 5.32 Å². The van der Waals surface area contributed by atoms with Crippen molar-refractivity contribution in [2.75, 3.05) is 5.32 Å². The van der Waals surface area contributed by atoms with Crippen LogP contribution in [0.3, 0.4) is 0 Å². The van der Waals surface area contributed by atoms with Crippen LogP contribution in [0.2, 0.25) is 0 Å². The second kappa shape index (κ2) is 5.53. The number of nitro groups is 2. The van der Waals surface area contributed by atoms with Gasteiger partial charge in [0, 0.05) is 12.5 Å². The lowest BCUT2D eigenvalue weighted by atomic mass is 10.1. The minimum Gasteiger partial charge on any atom is -0.368 e. The summed E-state index contributed by atoms with van der Waals surface area (Å²) in [6.07, 6.45) is 0.309. The number of nitrogens with one attached hydrogen (secondary N) is 2. The molecule has 1 fully saturated rings. The van der Waals surface area contributed by atoms with Gasteiger partial charge in [0.15, 0.2) is 0 Å². The maximum atomic E-state index is 11.6. The van der Waals surface area contributed by atoms with Crippen LogP contribution in [0.5, 0.6) is 0 Å². The van der Waals surface area contributed by atoms with Crippen LogP contribution in [0.25, 0.3) is 0 Å². The second-order valence-corrected chi connectivity index (χ2v) is 4.36. The molecule has 2 N–H and O–H groups in total. The van der Waals surface area contributed by atoms with E-state index >= 15 is 0 Å². The molecule has 1 saturated heterocycles. The molecule has 2 rings (SSSR count). The van der Waals surface area contributed by atoms with Gasteiger partial charge in [0.2, 0.25) is 11.8 Å². The number of carbonyl (C=O) groups excluding carboxylic acids is 2. The Morgan fingerprint density at radius 3 is 2.48 bits per heavy atom. The SMILES string of the molecule is O=C1CCC(Nc2ccc([N+](=O)[O-])cc2[N+](=O)[O-])C(=O)N1. The predicted molar refractivity (Wildman–Crippen MR) is 69.5 cm³/mol. The molecule has 0 aliphatic carbocycles. The summed E-state index contributed by atoms with van der Waals surface area (Å²) in [7, 11) is 0. The van der Waals surface area contributed by atoms with Crippen molar-refractivity contribution in [1.29, 1.82) is 0 Å². The van der Waals surface area contributed by atoms with Gasteiger partial charge in [0.1, 0.15) is 11.7 Å². The summed E-state index contributed by atoms with van der Waals surface area (Å²) < 4.78 is 0. The van der Waals surface area contributed by atoms with Gasteiger partial charge in [-0.1, -0.05) is 0 Å². The van der Waals surface area contributed by atoms with E-state index in [0.717, 1.165) is 12.1 Å². The van der Waals surface area contributed by atoms with E-state index in [1.807, 2.05) is 0 Å². The van der Waals surface area contributed by atoms with Gasteiger partial charge in [0.05, 0.1) is 15.9 Å². The number of non-ortho nitro benzene ring substituents is 1. The number of amides is 2. The zero-order chi connectivity index (χ0) is 15.6. The van der Waals surface area contributed by atoms with Crippen molar-refractivity contribution >= 4 is 28.9 Å². The lowest BCUT2D eigenvalue weighted by molar-refractivity contribution is -0.393. The zero-order valence-corrected chi connectivity index (χ0v) is 10.6. The molecule has 1 aromatic rings. The largest absolute Gasteiger partial charge is 0.368 e. The number of imide groups is 1. The van der Waals surface area contributed by atoms with Crippen LogP contribution in [0.4, 0.5) is 17.1 Å². The van der Waals surface area contributed by atoms with Crippen LogP contribution in [-0.4, -0.2) is 27.7 Å². The zero-order valence-electron chi connectivity index (χ0n) is 10.6. The molecule has 0 bridgehead atoms. The molecule has 1 unspecified atom stereocenters. The van der Waals surface area contributed by atoms with Gasteiger partial charge in [-0.25, -0.2) is 0 Å². The number of anilines is 1. The molecule has 0 aromatic heterocycles. The van der Waals surface area contributed by atoms with Crippen LogP contribution >= 0.6 is 0 Å². The molecule has 110 valence electrons. The van der Waals surface area contributed by atoms with Crippen LogP contribution in [-0.2, 0) is 9.59 Å². The van der Waals surface area contributed by atoms with Gasteiger partial charge >= 0.3 is 0 Å². The molecule has 1 atom stereocenters. The minimum absolute atomic E-state index is 0.0138. The Labute approximate surface area is 117 Å². The quantitative estimate of drug-likeness (QED) is 0.472. The molecule has 2 amide bonds. The lowest BCUT2D eigenvalue weighted by Crippen LogP contribution is -2.47. The number of nitrogens with zero attached hydrogens (tertiary/aromatic N) is 2. The molecular formula is C11H10N4O6. The first-order chi connectivity index (χ1) is 9.88. The highest BCUT2D eigenvalue weighted by molar-refractivity contribution is 6.01. The average molecular weight is 294 g/mol. The molecule has 10 heteroatoms. The maximum Gasteiger partial charge on any atom is 0.299 e. The third-order valence-electron chi connectivity index (χ3n) is 2.96. The normalized spacial score (nSPS) is 18.0. The number of nitro benzene ring substituents is 2. The monoisotopic (exact) mass is 294 g/mol. The van der Waals surface area contributed by atoms with Gasteiger partial charge in [-0.3, -0.25) is 35.1 Å². The summed E-state index contributed by atoms with van der Waals surface area (Å²) in [4.78, 5) is 42.7. The van der Waals surface area contributed by atoms with Crippen molar-refractivity contribution in [2.24, 2.45) is 0 Å². The van der Waals surface area contributed by atoms with E-state index in [1.54, 1.807) is 0 Å². The third kappa shape index (κ3) is 3.11. The fraction of sp³-hybridized carbons (Fsp3) is 0.273. The van der Waals surface area contributed by atoms with Gasteiger partial charge in [-0.15, -0.1) is 0 Å². The summed E-state index contributed by atoms with van der Waals surface area (Å²) in [6, 6.07) is 2.28. The summed E-state index contributed by atoms with van der Waals surface area (Å²) in [5.41, 5.74) is -0.940. The van der Waals surface area contributed by atoms with Crippen LogP contribution in [0.15, 0.2) is 18.2 Å². The van der Waals surface area contributed by atoms with Crippen LogP contribution in [0, 0.1) is 20.2 Å².